The zero-order valence-electron chi connectivity index (χ0n) is 11.2. The van der Waals surface area contributed by atoms with Crippen LogP contribution >= 0.6 is 11.3 Å². The number of nitrogens with one attached hydrogen (secondary N) is 1. The number of alkyl halides is 2. The molecule has 0 aliphatic carbocycles. The van der Waals surface area contributed by atoms with Crippen molar-refractivity contribution in [2.24, 2.45) is 0 Å². The number of hydrogen-bond acceptors (Lipinski definition) is 3. The number of hydrogen-bond donors (Lipinski definition) is 1. The van der Waals surface area contributed by atoms with Gasteiger partial charge in [-0.15, -0.1) is 11.3 Å². The molecule has 1 N–H and O–H groups in total. The number of ether oxygens (including phenoxy) is 1. The fourth-order valence-corrected chi connectivity index (χ4v) is 2.73. The summed E-state index contributed by atoms with van der Waals surface area (Å²) in [5, 5.41) is 5.38. The Balaban J connectivity index is 1.92. The van der Waals surface area contributed by atoms with Crippen LogP contribution in [0.2, 0.25) is 0 Å². The molecule has 0 aliphatic rings. The Morgan fingerprint density at radius 2 is 2.00 bits per heavy atom. The van der Waals surface area contributed by atoms with Crippen LogP contribution < -0.4 is 10.1 Å². The van der Waals surface area contributed by atoms with E-state index in [0.717, 1.165) is 18.5 Å². The second kappa shape index (κ2) is 7.36. The average Bonchev–Trinajstić information content (AvgIpc) is 2.91. The van der Waals surface area contributed by atoms with E-state index in [9.17, 15) is 8.78 Å². The van der Waals surface area contributed by atoms with Gasteiger partial charge >= 0.3 is 6.61 Å². The third kappa shape index (κ3) is 4.28. The molecule has 1 aromatic heterocycles. The number of thiophene rings is 1. The zero-order chi connectivity index (χ0) is 14.4. The van der Waals surface area contributed by atoms with Crippen LogP contribution in [0.5, 0.6) is 5.75 Å². The van der Waals surface area contributed by atoms with Gasteiger partial charge in [0, 0.05) is 23.0 Å². The van der Waals surface area contributed by atoms with Crippen molar-refractivity contribution < 1.29 is 13.5 Å². The maximum absolute atomic E-state index is 12.4. The van der Waals surface area contributed by atoms with Crippen molar-refractivity contribution in [2.75, 3.05) is 6.54 Å². The molecule has 2 nitrogen and oxygen atoms in total. The molecule has 0 fully saturated rings. The van der Waals surface area contributed by atoms with Crippen molar-refractivity contribution in [3.8, 4) is 5.75 Å². The van der Waals surface area contributed by atoms with Gasteiger partial charge in [-0.25, -0.2) is 0 Å². The van der Waals surface area contributed by atoms with Gasteiger partial charge < -0.3 is 10.1 Å². The third-order valence-electron chi connectivity index (χ3n) is 3.00. The highest BCUT2D eigenvalue weighted by molar-refractivity contribution is 7.09. The summed E-state index contributed by atoms with van der Waals surface area (Å²) in [5.41, 5.74) is 0.749. The lowest BCUT2D eigenvalue weighted by atomic mass is 10.1. The van der Waals surface area contributed by atoms with Crippen molar-refractivity contribution in [3.63, 3.8) is 0 Å². The number of para-hydroxylation sites is 1. The number of rotatable bonds is 7. The summed E-state index contributed by atoms with van der Waals surface area (Å²) < 4.78 is 29.3. The highest BCUT2D eigenvalue weighted by atomic mass is 32.1. The smallest absolute Gasteiger partial charge is 0.387 e. The molecule has 2 rings (SSSR count). The second-order valence-corrected chi connectivity index (χ2v) is 5.45. The standard InChI is InChI=1S/C15H17F2NOS/c1-11(18-9-8-12-5-4-10-20-12)13-6-2-3-7-14(13)19-15(16)17/h2-7,10-11,15,18H,8-9H2,1H3. The minimum absolute atomic E-state index is 0.0371. The normalized spacial score (nSPS) is 12.6. The minimum Gasteiger partial charge on any atom is -0.434 e. The van der Waals surface area contributed by atoms with E-state index in [1.54, 1.807) is 29.5 Å². The third-order valence-corrected chi connectivity index (χ3v) is 3.94. The molecule has 0 saturated carbocycles. The van der Waals surface area contributed by atoms with Crippen LogP contribution in [0.1, 0.15) is 23.4 Å². The van der Waals surface area contributed by atoms with E-state index in [4.69, 9.17) is 0 Å². The van der Waals surface area contributed by atoms with Gasteiger partial charge in [-0.2, -0.15) is 8.78 Å². The van der Waals surface area contributed by atoms with Crippen LogP contribution in [0.3, 0.4) is 0 Å². The fraction of sp³-hybridized carbons (Fsp3) is 0.333. The van der Waals surface area contributed by atoms with Crippen LogP contribution in [0.15, 0.2) is 41.8 Å². The predicted octanol–water partition coefficient (Wildman–Crippen LogP) is 4.24. The SMILES string of the molecule is CC(NCCc1cccs1)c1ccccc1OC(F)F. The lowest BCUT2D eigenvalue weighted by molar-refractivity contribution is -0.0506. The first-order chi connectivity index (χ1) is 9.66. The molecule has 1 heterocycles. The van der Waals surface area contributed by atoms with Gasteiger partial charge in [-0.1, -0.05) is 24.3 Å². The van der Waals surface area contributed by atoms with Crippen LogP contribution in [-0.4, -0.2) is 13.2 Å². The second-order valence-electron chi connectivity index (χ2n) is 4.42. The van der Waals surface area contributed by atoms with Crippen LogP contribution in [-0.2, 0) is 6.42 Å². The van der Waals surface area contributed by atoms with Gasteiger partial charge in [0.05, 0.1) is 0 Å². The Kier molecular flexibility index (Phi) is 5.49. The van der Waals surface area contributed by atoms with E-state index in [0.29, 0.717) is 0 Å². The molecule has 1 unspecified atom stereocenters. The van der Waals surface area contributed by atoms with Gasteiger partial charge in [-0.3, -0.25) is 0 Å². The first-order valence-corrected chi connectivity index (χ1v) is 7.34. The highest BCUT2D eigenvalue weighted by Crippen LogP contribution is 2.26. The van der Waals surface area contributed by atoms with E-state index in [-0.39, 0.29) is 11.8 Å². The Morgan fingerprint density at radius 3 is 2.70 bits per heavy atom. The predicted molar refractivity (Wildman–Crippen MR) is 77.5 cm³/mol. The number of halogens is 2. The molecule has 1 aromatic carbocycles. The van der Waals surface area contributed by atoms with Crippen LogP contribution in [0.25, 0.3) is 0 Å². The first-order valence-electron chi connectivity index (χ1n) is 6.46. The topological polar surface area (TPSA) is 21.3 Å². The maximum Gasteiger partial charge on any atom is 0.387 e. The largest absolute Gasteiger partial charge is 0.434 e. The molecular formula is C15H17F2NOS. The van der Waals surface area contributed by atoms with Crippen molar-refractivity contribution in [2.45, 2.75) is 26.0 Å². The van der Waals surface area contributed by atoms with Gasteiger partial charge in [0.1, 0.15) is 5.75 Å². The lowest BCUT2D eigenvalue weighted by Gasteiger charge is -2.17. The fourth-order valence-electron chi connectivity index (χ4n) is 2.02. The monoisotopic (exact) mass is 297 g/mol. The van der Waals surface area contributed by atoms with E-state index in [1.807, 2.05) is 24.4 Å². The lowest BCUT2D eigenvalue weighted by Crippen LogP contribution is -2.22. The summed E-state index contributed by atoms with van der Waals surface area (Å²) in [5.74, 6) is 0.235. The van der Waals surface area contributed by atoms with Crippen LogP contribution in [0.4, 0.5) is 8.78 Å². The van der Waals surface area contributed by atoms with Crippen molar-refractivity contribution in [1.82, 2.24) is 5.32 Å². The van der Waals surface area contributed by atoms with Crippen molar-refractivity contribution in [1.29, 1.82) is 0 Å². The highest BCUT2D eigenvalue weighted by Gasteiger charge is 2.13. The zero-order valence-corrected chi connectivity index (χ0v) is 12.0. The Morgan fingerprint density at radius 1 is 1.20 bits per heavy atom. The summed E-state index contributed by atoms with van der Waals surface area (Å²) in [4.78, 5) is 1.31. The molecule has 108 valence electrons. The minimum atomic E-state index is -2.80. The molecule has 5 heteroatoms. The summed E-state index contributed by atoms with van der Waals surface area (Å²) >= 11 is 1.72. The molecule has 20 heavy (non-hydrogen) atoms. The molecule has 2 aromatic rings. The summed E-state index contributed by atoms with van der Waals surface area (Å²) in [6.45, 7) is -0.0540. The van der Waals surface area contributed by atoms with Gasteiger partial charge in [0.25, 0.3) is 0 Å². The summed E-state index contributed by atoms with van der Waals surface area (Å²) in [7, 11) is 0. The van der Waals surface area contributed by atoms with E-state index in [1.165, 1.54) is 4.88 Å². The van der Waals surface area contributed by atoms with Gasteiger partial charge in [0.2, 0.25) is 0 Å². The van der Waals surface area contributed by atoms with E-state index in [2.05, 4.69) is 16.1 Å². The van der Waals surface area contributed by atoms with E-state index >= 15 is 0 Å². The van der Waals surface area contributed by atoms with Crippen LogP contribution in [0, 0.1) is 0 Å². The average molecular weight is 297 g/mol. The van der Waals surface area contributed by atoms with Crippen molar-refractivity contribution >= 4 is 11.3 Å². The maximum atomic E-state index is 12.4. The summed E-state index contributed by atoms with van der Waals surface area (Å²) in [6, 6.07) is 11.0. The molecule has 0 spiro atoms. The van der Waals surface area contributed by atoms with Gasteiger partial charge in [-0.05, 0) is 30.9 Å². The van der Waals surface area contributed by atoms with Crippen molar-refractivity contribution in [3.05, 3.63) is 52.2 Å². The molecule has 0 aliphatic heterocycles. The first kappa shape index (κ1) is 14.9. The molecule has 0 saturated heterocycles. The van der Waals surface area contributed by atoms with Gasteiger partial charge in [0.15, 0.2) is 0 Å². The molecule has 0 radical (unpaired) electrons. The molecule has 0 bridgehead atoms. The Hall–Kier alpha value is -1.46. The summed E-state index contributed by atoms with van der Waals surface area (Å²) in [6.07, 6.45) is 0.930. The van der Waals surface area contributed by atoms with E-state index < -0.39 is 6.61 Å². The molecule has 0 amide bonds. The Bertz CT molecular complexity index is 516. The number of benzene rings is 1. The quantitative estimate of drug-likeness (QED) is 0.825. The molecular weight excluding hydrogens is 280 g/mol. The molecule has 1 atom stereocenters. The Labute approximate surface area is 121 Å².